The lowest BCUT2D eigenvalue weighted by molar-refractivity contribution is 0.264. The van der Waals surface area contributed by atoms with Crippen molar-refractivity contribution in [2.24, 2.45) is 0 Å². The minimum absolute atomic E-state index is 0.127. The van der Waals surface area contributed by atoms with Gasteiger partial charge in [-0.15, -0.1) is 6.58 Å². The van der Waals surface area contributed by atoms with Gasteiger partial charge >= 0.3 is 0 Å². The first kappa shape index (κ1) is 18.4. The van der Waals surface area contributed by atoms with E-state index in [4.69, 9.17) is 4.98 Å². The summed E-state index contributed by atoms with van der Waals surface area (Å²) in [5.74, 6) is 1.75. The van der Waals surface area contributed by atoms with Gasteiger partial charge in [-0.2, -0.15) is 0 Å². The maximum atomic E-state index is 13.0. The number of rotatable bonds is 5. The van der Waals surface area contributed by atoms with Crippen molar-refractivity contribution in [2.75, 3.05) is 24.2 Å². The molecule has 0 radical (unpaired) electrons. The van der Waals surface area contributed by atoms with Crippen LogP contribution in [0.25, 0.3) is 16.9 Å². The Morgan fingerprint density at radius 1 is 1.31 bits per heavy atom. The summed E-state index contributed by atoms with van der Waals surface area (Å²) in [7, 11) is 0. The molecule has 0 unspecified atom stereocenters. The van der Waals surface area contributed by atoms with Crippen LogP contribution in [0.15, 0.2) is 40.9 Å². The number of pyridine rings is 1. The monoisotopic (exact) mass is 408 g/mol. The van der Waals surface area contributed by atoms with Gasteiger partial charge in [-0.3, -0.25) is 4.79 Å². The lowest BCUT2D eigenvalue weighted by atomic mass is 9.66. The second kappa shape index (κ2) is 6.73. The fraction of sp³-hybridized carbons (Fsp3) is 0.429. The number of likely N-dealkylation sites (N-methyl/N-ethyl adjacent to an activating group) is 1. The standard InChI is InChI=1S/C21H24N6OS/c1-4-11-26-19(28)14-12-22-20(29-3)24-17(14)27(26)16-8-7-15-18(23-16)25(5-2)13-21(15)9-6-10-21/h4,7-8,12H,1,5-6,9-11,13H2,2-3H3. The van der Waals surface area contributed by atoms with E-state index >= 15 is 0 Å². The largest absolute Gasteiger partial charge is 0.356 e. The van der Waals surface area contributed by atoms with Gasteiger partial charge < -0.3 is 4.90 Å². The minimum atomic E-state index is -0.127. The molecule has 0 amide bonds. The molecule has 1 saturated carbocycles. The molecular weight excluding hydrogens is 384 g/mol. The Balaban J connectivity index is 1.75. The van der Waals surface area contributed by atoms with Gasteiger partial charge in [-0.25, -0.2) is 24.3 Å². The number of anilines is 1. The maximum Gasteiger partial charge on any atom is 0.278 e. The molecule has 3 aromatic rings. The minimum Gasteiger partial charge on any atom is -0.356 e. The van der Waals surface area contributed by atoms with E-state index in [0.29, 0.717) is 28.6 Å². The van der Waals surface area contributed by atoms with Crippen molar-refractivity contribution in [1.82, 2.24) is 24.3 Å². The second-order valence-electron chi connectivity index (χ2n) is 7.77. The lowest BCUT2D eigenvalue weighted by Gasteiger charge is -2.38. The third kappa shape index (κ3) is 2.58. The van der Waals surface area contributed by atoms with Gasteiger partial charge in [0.05, 0.1) is 6.54 Å². The molecule has 8 heteroatoms. The maximum absolute atomic E-state index is 13.0. The van der Waals surface area contributed by atoms with Crippen LogP contribution in [0.4, 0.5) is 5.82 Å². The van der Waals surface area contributed by atoms with Gasteiger partial charge in [-0.1, -0.05) is 30.3 Å². The summed E-state index contributed by atoms with van der Waals surface area (Å²) < 4.78 is 3.45. The highest BCUT2D eigenvalue weighted by Crippen LogP contribution is 2.51. The Labute approximate surface area is 173 Å². The van der Waals surface area contributed by atoms with E-state index in [0.717, 1.165) is 18.9 Å². The lowest BCUT2D eigenvalue weighted by Crippen LogP contribution is -2.39. The Bertz CT molecular complexity index is 1180. The number of hydrogen-bond acceptors (Lipinski definition) is 6. The fourth-order valence-electron chi connectivity index (χ4n) is 4.66. The molecule has 0 N–H and O–H groups in total. The van der Waals surface area contributed by atoms with Crippen molar-refractivity contribution in [1.29, 1.82) is 0 Å². The summed E-state index contributed by atoms with van der Waals surface area (Å²) in [6.45, 7) is 8.33. The highest BCUT2D eigenvalue weighted by Gasteiger charge is 2.47. The van der Waals surface area contributed by atoms with Gasteiger partial charge in [-0.05, 0) is 32.1 Å². The van der Waals surface area contributed by atoms with Crippen LogP contribution in [0.5, 0.6) is 0 Å². The van der Waals surface area contributed by atoms with E-state index in [1.54, 1.807) is 17.0 Å². The van der Waals surface area contributed by atoms with Crippen LogP contribution in [0.1, 0.15) is 31.7 Å². The molecule has 2 aliphatic rings. The average Bonchev–Trinajstić information content (AvgIpc) is 3.20. The number of thioether (sulfide) groups is 1. The topological polar surface area (TPSA) is 68.8 Å². The Morgan fingerprint density at radius 2 is 2.14 bits per heavy atom. The molecule has 7 nitrogen and oxygen atoms in total. The zero-order valence-corrected chi connectivity index (χ0v) is 17.6. The molecule has 1 aliphatic carbocycles. The number of nitrogens with zero attached hydrogens (tertiary/aromatic N) is 6. The third-order valence-corrected chi connectivity index (χ3v) is 6.83. The zero-order valence-electron chi connectivity index (χ0n) is 16.8. The summed E-state index contributed by atoms with van der Waals surface area (Å²) in [5.41, 5.74) is 2.08. The van der Waals surface area contributed by atoms with Crippen LogP contribution >= 0.6 is 11.8 Å². The normalized spacial score (nSPS) is 17.0. The molecule has 150 valence electrons. The van der Waals surface area contributed by atoms with E-state index in [-0.39, 0.29) is 11.0 Å². The summed E-state index contributed by atoms with van der Waals surface area (Å²) >= 11 is 1.45. The molecular formula is C21H24N6OS. The van der Waals surface area contributed by atoms with Crippen molar-refractivity contribution < 1.29 is 0 Å². The van der Waals surface area contributed by atoms with E-state index in [2.05, 4.69) is 34.4 Å². The molecule has 0 bridgehead atoms. The fourth-order valence-corrected chi connectivity index (χ4v) is 5.00. The third-order valence-electron chi connectivity index (χ3n) is 6.27. The number of fused-ring (bicyclic) bond motifs is 3. The van der Waals surface area contributed by atoms with Gasteiger partial charge in [0.1, 0.15) is 11.2 Å². The van der Waals surface area contributed by atoms with E-state index < -0.39 is 0 Å². The summed E-state index contributed by atoms with van der Waals surface area (Å²) in [6.07, 6.45) is 9.00. The van der Waals surface area contributed by atoms with E-state index in [1.807, 2.05) is 17.0 Å². The highest BCUT2D eigenvalue weighted by molar-refractivity contribution is 7.98. The molecule has 5 rings (SSSR count). The molecule has 1 fully saturated rings. The van der Waals surface area contributed by atoms with E-state index in [1.165, 1.54) is 36.6 Å². The average molecular weight is 409 g/mol. The van der Waals surface area contributed by atoms with E-state index in [9.17, 15) is 4.79 Å². The first-order valence-corrected chi connectivity index (χ1v) is 11.2. The molecule has 3 aromatic heterocycles. The van der Waals surface area contributed by atoms with Crippen LogP contribution in [0, 0.1) is 0 Å². The summed E-state index contributed by atoms with van der Waals surface area (Å²) in [6, 6.07) is 4.23. The number of allylic oxidation sites excluding steroid dienone is 1. The first-order chi connectivity index (χ1) is 14.1. The van der Waals surface area contributed by atoms with Crippen molar-refractivity contribution >= 4 is 28.6 Å². The predicted octanol–water partition coefficient (Wildman–Crippen LogP) is 3.15. The Hall–Kier alpha value is -2.61. The SMILES string of the molecule is C=CCn1c(=O)c2cnc(SC)nc2n1-c1ccc2c(n1)N(CC)CC21CCC1. The van der Waals surface area contributed by atoms with Crippen LogP contribution in [-0.4, -0.2) is 43.7 Å². The number of hydrogen-bond donors (Lipinski definition) is 0. The molecule has 0 aromatic carbocycles. The van der Waals surface area contributed by atoms with Gasteiger partial charge in [0.2, 0.25) is 0 Å². The predicted molar refractivity (Wildman–Crippen MR) is 116 cm³/mol. The molecule has 4 heterocycles. The summed E-state index contributed by atoms with van der Waals surface area (Å²) in [5, 5.41) is 1.13. The summed E-state index contributed by atoms with van der Waals surface area (Å²) in [4.78, 5) is 29.3. The van der Waals surface area contributed by atoms with Crippen LogP contribution in [-0.2, 0) is 12.0 Å². The first-order valence-electron chi connectivity index (χ1n) is 10.0. The number of aromatic nitrogens is 5. The smallest absolute Gasteiger partial charge is 0.278 e. The zero-order chi connectivity index (χ0) is 20.2. The van der Waals surface area contributed by atoms with Gasteiger partial charge in [0.15, 0.2) is 16.6 Å². The van der Waals surface area contributed by atoms with Crippen molar-refractivity contribution in [3.8, 4) is 5.82 Å². The van der Waals surface area contributed by atoms with Crippen LogP contribution in [0.3, 0.4) is 0 Å². The van der Waals surface area contributed by atoms with Gasteiger partial charge in [0, 0.05) is 30.3 Å². The van der Waals surface area contributed by atoms with Crippen molar-refractivity contribution in [3.05, 3.63) is 46.9 Å². The highest BCUT2D eigenvalue weighted by atomic mass is 32.2. The van der Waals surface area contributed by atoms with Crippen LogP contribution in [0.2, 0.25) is 0 Å². The van der Waals surface area contributed by atoms with Crippen LogP contribution < -0.4 is 10.5 Å². The van der Waals surface area contributed by atoms with Gasteiger partial charge in [0.25, 0.3) is 5.56 Å². The molecule has 1 aliphatic heterocycles. The molecule has 0 saturated heterocycles. The Morgan fingerprint density at radius 3 is 2.79 bits per heavy atom. The van der Waals surface area contributed by atoms with Crippen molar-refractivity contribution in [3.63, 3.8) is 0 Å². The quantitative estimate of drug-likeness (QED) is 0.367. The molecule has 29 heavy (non-hydrogen) atoms. The second-order valence-corrected chi connectivity index (χ2v) is 8.54. The molecule has 1 spiro atoms. The molecule has 0 atom stereocenters. The van der Waals surface area contributed by atoms with Crippen molar-refractivity contribution in [2.45, 2.75) is 43.3 Å². The Kier molecular flexibility index (Phi) is 4.27.